The van der Waals surface area contributed by atoms with Crippen molar-refractivity contribution in [2.24, 2.45) is 0 Å². The fourth-order valence-electron chi connectivity index (χ4n) is 4.85. The molecule has 4 aromatic rings. The summed E-state index contributed by atoms with van der Waals surface area (Å²) in [7, 11) is -3.71. The summed E-state index contributed by atoms with van der Waals surface area (Å²) in [4.78, 5) is 2.66. The van der Waals surface area contributed by atoms with Gasteiger partial charge in [0.2, 0.25) is 10.0 Å². The third-order valence-electron chi connectivity index (χ3n) is 6.76. The van der Waals surface area contributed by atoms with Gasteiger partial charge in [-0.25, -0.2) is 8.42 Å². The number of piperazine rings is 1. The van der Waals surface area contributed by atoms with Gasteiger partial charge in [-0.15, -0.1) is 0 Å². The van der Waals surface area contributed by atoms with Gasteiger partial charge < -0.3 is 0 Å². The van der Waals surface area contributed by atoms with E-state index in [-0.39, 0.29) is 17.0 Å². The lowest BCUT2D eigenvalue weighted by Gasteiger charge is -2.39. The molecule has 36 heavy (non-hydrogen) atoms. The second kappa shape index (κ2) is 10.4. The molecule has 0 amide bonds. The normalized spacial score (nSPS) is 15.6. The highest BCUT2D eigenvalue weighted by molar-refractivity contribution is 7.89. The van der Waals surface area contributed by atoms with Crippen LogP contribution in [0.4, 0.5) is 0 Å². The topological polar surface area (TPSA) is 58.4 Å². The molecule has 0 saturated carbocycles. The van der Waals surface area contributed by atoms with E-state index >= 15 is 0 Å². The molecule has 0 N–H and O–H groups in total. The van der Waals surface area contributed by atoms with E-state index in [2.05, 4.69) is 58.5 Å². The molecule has 1 saturated heterocycles. The van der Waals surface area contributed by atoms with E-state index in [4.69, 9.17) is 0 Å². The second-order valence-corrected chi connectivity index (χ2v) is 11.4. The molecule has 0 bridgehead atoms. The Bertz CT molecular complexity index is 1340. The van der Waals surface area contributed by atoms with Crippen LogP contribution in [0.5, 0.6) is 0 Å². The highest BCUT2D eigenvalue weighted by atomic mass is 32.2. The van der Waals surface area contributed by atoms with Crippen molar-refractivity contribution in [3.63, 3.8) is 0 Å². The second-order valence-electron chi connectivity index (χ2n) is 9.45. The van der Waals surface area contributed by atoms with Crippen LogP contribution in [0.3, 0.4) is 0 Å². The van der Waals surface area contributed by atoms with Crippen molar-refractivity contribution in [3.05, 3.63) is 108 Å². The maximum absolute atomic E-state index is 13.9. The van der Waals surface area contributed by atoms with E-state index in [1.165, 1.54) is 11.1 Å². The predicted molar refractivity (Wildman–Crippen MR) is 143 cm³/mol. The van der Waals surface area contributed by atoms with Crippen molar-refractivity contribution in [1.29, 1.82) is 0 Å². The molecule has 0 atom stereocenters. The van der Waals surface area contributed by atoms with Gasteiger partial charge in [0.25, 0.3) is 0 Å². The summed E-state index contributed by atoms with van der Waals surface area (Å²) < 4.78 is 31.1. The molecule has 2 heterocycles. The van der Waals surface area contributed by atoms with Crippen LogP contribution in [0.1, 0.15) is 37.1 Å². The molecule has 1 fully saturated rings. The molecule has 1 aromatic heterocycles. The van der Waals surface area contributed by atoms with Gasteiger partial charge in [0, 0.05) is 44.0 Å². The number of sulfonamides is 1. The van der Waals surface area contributed by atoms with Crippen LogP contribution in [0.25, 0.3) is 11.3 Å². The molecule has 7 heteroatoms. The van der Waals surface area contributed by atoms with E-state index in [9.17, 15) is 8.42 Å². The number of aromatic nitrogens is 2. The average Bonchev–Trinajstić information content (AvgIpc) is 3.38. The summed E-state index contributed by atoms with van der Waals surface area (Å²) in [5.41, 5.74) is 3.75. The third-order valence-corrected chi connectivity index (χ3v) is 8.66. The van der Waals surface area contributed by atoms with Crippen LogP contribution in [-0.4, -0.2) is 53.6 Å². The van der Waals surface area contributed by atoms with Gasteiger partial charge in [0.15, 0.2) is 0 Å². The van der Waals surface area contributed by atoms with Crippen molar-refractivity contribution in [2.45, 2.75) is 30.8 Å². The molecule has 6 nitrogen and oxygen atoms in total. The molecule has 0 spiro atoms. The molecule has 186 valence electrons. The molecule has 1 aliphatic rings. The first kappa shape index (κ1) is 24.4. The molecule has 0 radical (unpaired) electrons. The fraction of sp³-hybridized carbons (Fsp3) is 0.276. The Labute approximate surface area is 213 Å². The Morgan fingerprint density at radius 1 is 0.722 bits per heavy atom. The van der Waals surface area contributed by atoms with Crippen LogP contribution < -0.4 is 0 Å². The van der Waals surface area contributed by atoms with Crippen molar-refractivity contribution >= 4 is 10.0 Å². The zero-order valence-electron chi connectivity index (χ0n) is 20.7. The minimum atomic E-state index is -3.71. The van der Waals surface area contributed by atoms with E-state index in [0.29, 0.717) is 31.9 Å². The minimum absolute atomic E-state index is 0.0609. The summed E-state index contributed by atoms with van der Waals surface area (Å²) in [5, 5.41) is 4.66. The van der Waals surface area contributed by atoms with Gasteiger partial charge >= 0.3 is 0 Å². The standard InChI is InChI=1S/C29H32N4O2S/c1-23(2)33-22-27(28(30-33)24-12-6-3-7-13-24)36(34,35)32-20-18-31(19-21-32)29(25-14-8-4-9-15-25)26-16-10-5-11-17-26/h3-17,22-23,29H,18-21H2,1-2H3. The zero-order chi connectivity index (χ0) is 25.1. The Kier molecular flexibility index (Phi) is 7.05. The lowest BCUT2D eigenvalue weighted by atomic mass is 9.96. The number of hydrogen-bond acceptors (Lipinski definition) is 4. The number of nitrogens with zero attached hydrogens (tertiary/aromatic N) is 4. The summed E-state index contributed by atoms with van der Waals surface area (Å²) in [6.07, 6.45) is 1.69. The van der Waals surface area contributed by atoms with Crippen LogP contribution in [0.2, 0.25) is 0 Å². The number of benzene rings is 3. The molecular weight excluding hydrogens is 468 g/mol. The molecule has 1 aliphatic heterocycles. The van der Waals surface area contributed by atoms with Crippen molar-refractivity contribution in [2.75, 3.05) is 26.2 Å². The lowest BCUT2D eigenvalue weighted by molar-refractivity contribution is 0.156. The maximum Gasteiger partial charge on any atom is 0.246 e. The summed E-state index contributed by atoms with van der Waals surface area (Å²) >= 11 is 0. The van der Waals surface area contributed by atoms with E-state index in [0.717, 1.165) is 5.56 Å². The van der Waals surface area contributed by atoms with Crippen LogP contribution in [-0.2, 0) is 10.0 Å². The maximum atomic E-state index is 13.9. The minimum Gasteiger partial charge on any atom is -0.290 e. The Balaban J connectivity index is 1.42. The van der Waals surface area contributed by atoms with Gasteiger partial charge in [-0.2, -0.15) is 9.40 Å². The zero-order valence-corrected chi connectivity index (χ0v) is 21.6. The smallest absolute Gasteiger partial charge is 0.246 e. The molecular formula is C29H32N4O2S. The van der Waals surface area contributed by atoms with Gasteiger partial charge in [0.05, 0.1) is 6.04 Å². The fourth-order valence-corrected chi connectivity index (χ4v) is 6.42. The first-order valence-corrected chi connectivity index (χ1v) is 13.9. The van der Waals surface area contributed by atoms with Gasteiger partial charge in [0.1, 0.15) is 10.6 Å². The summed E-state index contributed by atoms with van der Waals surface area (Å²) in [6.45, 7) is 6.16. The van der Waals surface area contributed by atoms with Crippen molar-refractivity contribution in [1.82, 2.24) is 19.0 Å². The summed E-state index contributed by atoms with van der Waals surface area (Å²) in [5.74, 6) is 0. The Hall–Kier alpha value is -3.26. The number of rotatable bonds is 7. The van der Waals surface area contributed by atoms with E-state index in [1.54, 1.807) is 15.2 Å². The molecule has 0 unspecified atom stereocenters. The van der Waals surface area contributed by atoms with Gasteiger partial charge in [-0.05, 0) is 25.0 Å². The quantitative estimate of drug-likeness (QED) is 0.349. The third kappa shape index (κ3) is 4.87. The molecule has 0 aliphatic carbocycles. The lowest BCUT2D eigenvalue weighted by Crippen LogP contribution is -2.49. The average molecular weight is 501 g/mol. The van der Waals surface area contributed by atoms with Gasteiger partial charge in [-0.1, -0.05) is 91.0 Å². The van der Waals surface area contributed by atoms with E-state index < -0.39 is 10.0 Å². The van der Waals surface area contributed by atoms with Gasteiger partial charge in [-0.3, -0.25) is 9.58 Å². The highest BCUT2D eigenvalue weighted by Crippen LogP contribution is 2.33. The predicted octanol–water partition coefficient (Wildman–Crippen LogP) is 5.23. The summed E-state index contributed by atoms with van der Waals surface area (Å²) in [6, 6.07) is 30.6. The number of hydrogen-bond donors (Lipinski definition) is 0. The van der Waals surface area contributed by atoms with Crippen molar-refractivity contribution in [3.8, 4) is 11.3 Å². The van der Waals surface area contributed by atoms with Crippen LogP contribution in [0.15, 0.2) is 102 Å². The Morgan fingerprint density at radius 3 is 1.72 bits per heavy atom. The molecule has 3 aromatic carbocycles. The Morgan fingerprint density at radius 2 is 1.22 bits per heavy atom. The van der Waals surface area contributed by atoms with E-state index in [1.807, 2.05) is 56.3 Å². The first-order valence-electron chi connectivity index (χ1n) is 12.4. The first-order chi connectivity index (χ1) is 17.4. The monoisotopic (exact) mass is 500 g/mol. The SMILES string of the molecule is CC(C)n1cc(S(=O)(=O)N2CCN(C(c3ccccc3)c3ccccc3)CC2)c(-c2ccccc2)n1. The van der Waals surface area contributed by atoms with Crippen LogP contribution >= 0.6 is 0 Å². The highest BCUT2D eigenvalue weighted by Gasteiger charge is 2.35. The molecule has 5 rings (SSSR count). The largest absolute Gasteiger partial charge is 0.290 e. The van der Waals surface area contributed by atoms with Crippen molar-refractivity contribution < 1.29 is 8.42 Å². The van der Waals surface area contributed by atoms with Crippen LogP contribution in [0, 0.1) is 0 Å².